The third kappa shape index (κ3) is 4.65. The zero-order valence-electron chi connectivity index (χ0n) is 16.2. The van der Waals surface area contributed by atoms with E-state index in [1.165, 1.54) is 17.5 Å². The van der Waals surface area contributed by atoms with Crippen LogP contribution in [0.15, 0.2) is 48.0 Å². The molecular weight excluding hydrogens is 322 g/mol. The molecule has 1 aliphatic heterocycles. The monoisotopic (exact) mass is 353 g/mol. The third-order valence-electron chi connectivity index (χ3n) is 5.21. The normalized spacial score (nSPS) is 21.0. The molecule has 2 unspecified atom stereocenters. The lowest BCUT2D eigenvalue weighted by atomic mass is 9.93. The number of guanidine groups is 1. The number of aromatic nitrogens is 2. The van der Waals surface area contributed by atoms with Crippen molar-refractivity contribution in [2.24, 2.45) is 10.9 Å². The van der Waals surface area contributed by atoms with Crippen LogP contribution in [0.5, 0.6) is 0 Å². The van der Waals surface area contributed by atoms with Crippen LogP contribution in [0.3, 0.4) is 0 Å². The number of piperidine rings is 1. The summed E-state index contributed by atoms with van der Waals surface area (Å²) in [6, 6.07) is 9.16. The van der Waals surface area contributed by atoms with E-state index in [2.05, 4.69) is 71.0 Å². The Bertz CT molecular complexity index is 707. The van der Waals surface area contributed by atoms with E-state index in [-0.39, 0.29) is 0 Å². The van der Waals surface area contributed by atoms with E-state index < -0.39 is 0 Å². The average molecular weight is 354 g/mol. The predicted octanol–water partition coefficient (Wildman–Crippen LogP) is 3.28. The topological polar surface area (TPSA) is 45.5 Å². The number of nitrogens with one attached hydrogen (secondary N) is 1. The van der Waals surface area contributed by atoms with Crippen LogP contribution in [-0.2, 0) is 6.42 Å². The highest BCUT2D eigenvalue weighted by Crippen LogP contribution is 2.27. The molecule has 3 rings (SSSR count). The van der Waals surface area contributed by atoms with E-state index in [4.69, 9.17) is 4.99 Å². The Kier molecular flexibility index (Phi) is 6.31. The first kappa shape index (κ1) is 18.5. The average Bonchev–Trinajstić information content (AvgIpc) is 3.16. The lowest BCUT2D eigenvalue weighted by Crippen LogP contribution is -2.49. The molecule has 1 aromatic heterocycles. The minimum atomic E-state index is 0.451. The molecule has 2 aromatic rings. The zero-order valence-corrected chi connectivity index (χ0v) is 16.2. The number of benzene rings is 1. The highest BCUT2D eigenvalue weighted by Gasteiger charge is 2.28. The molecule has 2 atom stereocenters. The lowest BCUT2D eigenvalue weighted by Gasteiger charge is -2.39. The van der Waals surface area contributed by atoms with Gasteiger partial charge in [0, 0.05) is 38.6 Å². The standard InChI is InChI=1S/C21H31N5/c1-4-23-21(24-10-8-19-7-5-6-17(2)14-19)25-12-9-18(3)20(15-25)26-13-11-22-16-26/h5-7,11,13-14,16,18,20H,4,8-10,12,15H2,1-3H3,(H,23,24). The van der Waals surface area contributed by atoms with Crippen LogP contribution in [0.1, 0.15) is 37.4 Å². The molecule has 1 aromatic carbocycles. The van der Waals surface area contributed by atoms with E-state index in [0.717, 1.165) is 38.6 Å². The van der Waals surface area contributed by atoms with Crippen molar-refractivity contribution in [3.63, 3.8) is 0 Å². The Morgan fingerprint density at radius 3 is 3.00 bits per heavy atom. The van der Waals surface area contributed by atoms with Crippen LogP contribution in [0.25, 0.3) is 0 Å². The maximum absolute atomic E-state index is 4.91. The molecule has 0 saturated carbocycles. The summed E-state index contributed by atoms with van der Waals surface area (Å²) in [7, 11) is 0. The van der Waals surface area contributed by atoms with Gasteiger partial charge in [0.1, 0.15) is 0 Å². The summed E-state index contributed by atoms with van der Waals surface area (Å²) in [5.74, 6) is 1.69. The summed E-state index contributed by atoms with van der Waals surface area (Å²) < 4.78 is 2.24. The van der Waals surface area contributed by atoms with Crippen molar-refractivity contribution in [1.29, 1.82) is 0 Å². The van der Waals surface area contributed by atoms with Gasteiger partial charge in [0.25, 0.3) is 0 Å². The van der Waals surface area contributed by atoms with E-state index in [1.807, 2.05) is 12.5 Å². The number of aryl methyl sites for hydroxylation is 1. The Hall–Kier alpha value is -2.30. The van der Waals surface area contributed by atoms with Gasteiger partial charge in [-0.25, -0.2) is 4.98 Å². The summed E-state index contributed by atoms with van der Waals surface area (Å²) in [6.45, 7) is 10.4. The molecule has 140 valence electrons. The summed E-state index contributed by atoms with van der Waals surface area (Å²) >= 11 is 0. The van der Waals surface area contributed by atoms with Crippen molar-refractivity contribution in [3.05, 3.63) is 54.1 Å². The second kappa shape index (κ2) is 8.88. The number of hydrogen-bond donors (Lipinski definition) is 1. The Morgan fingerprint density at radius 2 is 2.27 bits per heavy atom. The second-order valence-electron chi connectivity index (χ2n) is 7.26. The molecule has 5 heteroatoms. The van der Waals surface area contributed by atoms with Crippen LogP contribution in [-0.4, -0.2) is 46.6 Å². The van der Waals surface area contributed by atoms with Crippen LogP contribution >= 0.6 is 0 Å². The van der Waals surface area contributed by atoms with E-state index in [9.17, 15) is 0 Å². The third-order valence-corrected chi connectivity index (χ3v) is 5.21. The second-order valence-corrected chi connectivity index (χ2v) is 7.26. The lowest BCUT2D eigenvalue weighted by molar-refractivity contribution is 0.189. The minimum absolute atomic E-state index is 0.451. The number of nitrogens with zero attached hydrogens (tertiary/aromatic N) is 4. The van der Waals surface area contributed by atoms with Crippen LogP contribution in [0.4, 0.5) is 0 Å². The smallest absolute Gasteiger partial charge is 0.193 e. The van der Waals surface area contributed by atoms with Gasteiger partial charge in [-0.1, -0.05) is 36.8 Å². The molecule has 26 heavy (non-hydrogen) atoms. The molecule has 0 bridgehead atoms. The number of rotatable bonds is 5. The minimum Gasteiger partial charge on any atom is -0.357 e. The highest BCUT2D eigenvalue weighted by atomic mass is 15.3. The van der Waals surface area contributed by atoms with Crippen molar-refractivity contribution in [2.75, 3.05) is 26.2 Å². The fourth-order valence-electron chi connectivity index (χ4n) is 3.68. The molecule has 0 aliphatic carbocycles. The largest absolute Gasteiger partial charge is 0.357 e. The van der Waals surface area contributed by atoms with Gasteiger partial charge in [0.15, 0.2) is 5.96 Å². The van der Waals surface area contributed by atoms with Crippen LogP contribution < -0.4 is 5.32 Å². The van der Waals surface area contributed by atoms with Gasteiger partial charge in [-0.15, -0.1) is 0 Å². The SMILES string of the molecule is CCNC(=NCCc1cccc(C)c1)N1CCC(C)C(n2ccnc2)C1. The first-order chi connectivity index (χ1) is 12.7. The molecule has 1 saturated heterocycles. The first-order valence-corrected chi connectivity index (χ1v) is 9.73. The maximum atomic E-state index is 4.91. The molecule has 1 aliphatic rings. The molecule has 1 fully saturated rings. The van der Waals surface area contributed by atoms with Gasteiger partial charge in [-0.2, -0.15) is 0 Å². The van der Waals surface area contributed by atoms with E-state index in [1.54, 1.807) is 0 Å². The predicted molar refractivity (Wildman–Crippen MR) is 107 cm³/mol. The van der Waals surface area contributed by atoms with Gasteiger partial charge in [-0.3, -0.25) is 4.99 Å². The number of imidazole rings is 1. The summed E-state index contributed by atoms with van der Waals surface area (Å²) in [5, 5.41) is 3.48. The van der Waals surface area contributed by atoms with Gasteiger partial charge in [0.05, 0.1) is 12.4 Å². The van der Waals surface area contributed by atoms with Gasteiger partial charge in [0.2, 0.25) is 0 Å². The molecule has 0 radical (unpaired) electrons. The fourth-order valence-corrected chi connectivity index (χ4v) is 3.68. The van der Waals surface area contributed by atoms with Gasteiger partial charge >= 0.3 is 0 Å². The Labute approximate surface area is 157 Å². The first-order valence-electron chi connectivity index (χ1n) is 9.73. The molecule has 0 amide bonds. The van der Waals surface area contributed by atoms with Crippen molar-refractivity contribution in [3.8, 4) is 0 Å². The highest BCUT2D eigenvalue weighted by molar-refractivity contribution is 5.80. The molecule has 0 spiro atoms. The van der Waals surface area contributed by atoms with Crippen molar-refractivity contribution < 1.29 is 0 Å². The molecule has 1 N–H and O–H groups in total. The van der Waals surface area contributed by atoms with Crippen molar-refractivity contribution in [1.82, 2.24) is 19.8 Å². The Balaban J connectivity index is 1.66. The van der Waals surface area contributed by atoms with Crippen LogP contribution in [0.2, 0.25) is 0 Å². The fraction of sp³-hybridized carbons (Fsp3) is 0.524. The molecular formula is C21H31N5. The molecule has 5 nitrogen and oxygen atoms in total. The van der Waals surface area contributed by atoms with Gasteiger partial charge in [-0.05, 0) is 38.2 Å². The summed E-state index contributed by atoms with van der Waals surface area (Å²) in [4.78, 5) is 11.5. The number of likely N-dealkylation sites (tertiary alicyclic amines) is 1. The number of aliphatic imine (C=N–C) groups is 1. The summed E-state index contributed by atoms with van der Waals surface area (Å²) in [5.41, 5.74) is 2.67. The Morgan fingerprint density at radius 1 is 1.38 bits per heavy atom. The van der Waals surface area contributed by atoms with Crippen LogP contribution in [0, 0.1) is 12.8 Å². The molecule has 2 heterocycles. The quantitative estimate of drug-likeness (QED) is 0.663. The van der Waals surface area contributed by atoms with Crippen molar-refractivity contribution >= 4 is 5.96 Å². The van der Waals surface area contributed by atoms with E-state index >= 15 is 0 Å². The summed E-state index contributed by atoms with van der Waals surface area (Å²) in [6.07, 6.45) is 8.03. The van der Waals surface area contributed by atoms with Crippen molar-refractivity contribution in [2.45, 2.75) is 39.7 Å². The zero-order chi connectivity index (χ0) is 18.4. The maximum Gasteiger partial charge on any atom is 0.193 e. The van der Waals surface area contributed by atoms with Gasteiger partial charge < -0.3 is 14.8 Å². The van der Waals surface area contributed by atoms with E-state index in [0.29, 0.717) is 12.0 Å². The number of hydrogen-bond acceptors (Lipinski definition) is 2.